The Labute approximate surface area is 147 Å². The zero-order valence-corrected chi connectivity index (χ0v) is 14.3. The molecule has 2 aromatic rings. The lowest BCUT2D eigenvalue weighted by Crippen LogP contribution is -2.41. The van der Waals surface area contributed by atoms with Gasteiger partial charge in [0.25, 0.3) is 0 Å². The van der Waals surface area contributed by atoms with Gasteiger partial charge in [-0.25, -0.2) is 4.79 Å². The van der Waals surface area contributed by atoms with Crippen LogP contribution in [0.5, 0.6) is 0 Å². The van der Waals surface area contributed by atoms with Crippen molar-refractivity contribution < 1.29 is 9.21 Å². The second kappa shape index (κ2) is 8.22. The van der Waals surface area contributed by atoms with Crippen LogP contribution in [0.15, 0.2) is 47.1 Å². The molecule has 1 atom stereocenters. The van der Waals surface area contributed by atoms with Crippen molar-refractivity contribution >= 4 is 23.3 Å². The normalized spacial score (nSPS) is 16.5. The molecule has 24 heavy (non-hydrogen) atoms. The Morgan fingerprint density at radius 1 is 1.17 bits per heavy atom. The molecule has 1 saturated heterocycles. The number of para-hydroxylation sites is 1. The molecule has 2 heterocycles. The number of hydrogen-bond donors (Lipinski definition) is 2. The smallest absolute Gasteiger partial charge is 0.319 e. The van der Waals surface area contributed by atoms with E-state index in [0.29, 0.717) is 17.3 Å². The summed E-state index contributed by atoms with van der Waals surface area (Å²) in [6.07, 6.45) is 5.31. The SMILES string of the molecule is O=C(NCC(c1ccco1)N1CCCCC1)Nc1ccccc1Cl. The van der Waals surface area contributed by atoms with Crippen molar-refractivity contribution in [3.63, 3.8) is 0 Å². The Morgan fingerprint density at radius 2 is 1.96 bits per heavy atom. The van der Waals surface area contributed by atoms with Crippen LogP contribution in [0.25, 0.3) is 0 Å². The first kappa shape index (κ1) is 16.9. The number of hydrogen-bond acceptors (Lipinski definition) is 3. The molecule has 0 saturated carbocycles. The maximum atomic E-state index is 12.2. The Balaban J connectivity index is 1.61. The lowest BCUT2D eigenvalue weighted by molar-refractivity contribution is 0.144. The summed E-state index contributed by atoms with van der Waals surface area (Å²) < 4.78 is 5.58. The molecule has 5 nitrogen and oxygen atoms in total. The first-order valence-corrected chi connectivity index (χ1v) is 8.68. The molecule has 6 heteroatoms. The number of furan rings is 1. The monoisotopic (exact) mass is 347 g/mol. The molecule has 0 bridgehead atoms. The molecule has 0 spiro atoms. The van der Waals surface area contributed by atoms with Gasteiger partial charge in [0, 0.05) is 6.54 Å². The molecule has 1 fully saturated rings. The van der Waals surface area contributed by atoms with Crippen LogP contribution in [-0.2, 0) is 0 Å². The second-order valence-corrected chi connectivity index (χ2v) is 6.35. The van der Waals surface area contributed by atoms with Crippen LogP contribution in [-0.4, -0.2) is 30.6 Å². The van der Waals surface area contributed by atoms with Crippen LogP contribution in [0.2, 0.25) is 5.02 Å². The van der Waals surface area contributed by atoms with Gasteiger partial charge in [0.2, 0.25) is 0 Å². The van der Waals surface area contributed by atoms with Crippen molar-refractivity contribution in [1.82, 2.24) is 10.2 Å². The number of likely N-dealkylation sites (tertiary alicyclic amines) is 1. The van der Waals surface area contributed by atoms with Crippen LogP contribution in [0.4, 0.5) is 10.5 Å². The minimum atomic E-state index is -0.267. The van der Waals surface area contributed by atoms with E-state index in [1.165, 1.54) is 19.3 Å². The van der Waals surface area contributed by atoms with Gasteiger partial charge in [0.15, 0.2) is 0 Å². The first-order valence-electron chi connectivity index (χ1n) is 8.31. The van der Waals surface area contributed by atoms with Crippen LogP contribution in [0.3, 0.4) is 0 Å². The van der Waals surface area contributed by atoms with Gasteiger partial charge >= 0.3 is 6.03 Å². The topological polar surface area (TPSA) is 57.5 Å². The number of urea groups is 1. The highest BCUT2D eigenvalue weighted by Crippen LogP contribution is 2.25. The molecule has 1 aliphatic rings. The van der Waals surface area contributed by atoms with Crippen molar-refractivity contribution in [3.05, 3.63) is 53.4 Å². The number of carbonyl (C=O) groups is 1. The van der Waals surface area contributed by atoms with Gasteiger partial charge in [0.1, 0.15) is 5.76 Å². The van der Waals surface area contributed by atoms with Crippen LogP contribution in [0.1, 0.15) is 31.1 Å². The molecule has 1 aromatic heterocycles. The summed E-state index contributed by atoms with van der Waals surface area (Å²) in [4.78, 5) is 14.6. The fourth-order valence-corrected chi connectivity index (χ4v) is 3.22. The third-order valence-electron chi connectivity index (χ3n) is 4.28. The van der Waals surface area contributed by atoms with E-state index >= 15 is 0 Å². The molecule has 3 rings (SSSR count). The highest BCUT2D eigenvalue weighted by Gasteiger charge is 2.24. The minimum Gasteiger partial charge on any atom is -0.468 e. The third kappa shape index (κ3) is 4.30. The predicted molar refractivity (Wildman–Crippen MR) is 95.3 cm³/mol. The molecular weight excluding hydrogens is 326 g/mol. The lowest BCUT2D eigenvalue weighted by atomic mass is 10.1. The van der Waals surface area contributed by atoms with Gasteiger partial charge in [-0.1, -0.05) is 30.2 Å². The number of amides is 2. The molecule has 0 aliphatic carbocycles. The standard InChI is InChI=1S/C18H22ClN3O2/c19-14-7-2-3-8-15(14)21-18(23)20-13-16(17-9-6-12-24-17)22-10-4-1-5-11-22/h2-3,6-9,12,16H,1,4-5,10-11,13H2,(H2,20,21,23). The maximum absolute atomic E-state index is 12.2. The van der Waals surface area contributed by atoms with E-state index in [0.717, 1.165) is 18.8 Å². The highest BCUT2D eigenvalue weighted by atomic mass is 35.5. The van der Waals surface area contributed by atoms with Crippen LogP contribution in [0, 0.1) is 0 Å². The summed E-state index contributed by atoms with van der Waals surface area (Å²) in [6, 6.07) is 10.8. The number of piperidine rings is 1. The van der Waals surface area contributed by atoms with Crippen molar-refractivity contribution in [1.29, 1.82) is 0 Å². The number of nitrogens with zero attached hydrogens (tertiary/aromatic N) is 1. The Kier molecular flexibility index (Phi) is 5.77. The number of nitrogens with one attached hydrogen (secondary N) is 2. The molecule has 0 radical (unpaired) electrons. The fraction of sp³-hybridized carbons (Fsp3) is 0.389. The maximum Gasteiger partial charge on any atom is 0.319 e. The largest absolute Gasteiger partial charge is 0.468 e. The molecule has 1 aliphatic heterocycles. The van der Waals surface area contributed by atoms with Crippen molar-refractivity contribution in [3.8, 4) is 0 Å². The highest BCUT2D eigenvalue weighted by molar-refractivity contribution is 6.33. The number of carbonyl (C=O) groups excluding carboxylic acids is 1. The predicted octanol–water partition coefficient (Wildman–Crippen LogP) is 4.28. The van der Waals surface area contributed by atoms with Crippen LogP contribution >= 0.6 is 11.6 Å². The number of anilines is 1. The van der Waals surface area contributed by atoms with Crippen molar-refractivity contribution in [2.24, 2.45) is 0 Å². The van der Waals surface area contributed by atoms with Gasteiger partial charge in [-0.2, -0.15) is 0 Å². The summed E-state index contributed by atoms with van der Waals surface area (Å²) in [5, 5.41) is 6.24. The van der Waals surface area contributed by atoms with E-state index in [9.17, 15) is 4.79 Å². The quantitative estimate of drug-likeness (QED) is 0.848. The molecule has 2 N–H and O–H groups in total. The minimum absolute atomic E-state index is 0.0531. The van der Waals surface area contributed by atoms with E-state index in [-0.39, 0.29) is 12.1 Å². The van der Waals surface area contributed by atoms with E-state index in [4.69, 9.17) is 16.0 Å². The lowest BCUT2D eigenvalue weighted by Gasteiger charge is -2.33. The fourth-order valence-electron chi connectivity index (χ4n) is 3.04. The van der Waals surface area contributed by atoms with Gasteiger partial charge in [-0.3, -0.25) is 4.90 Å². The molecular formula is C18H22ClN3O2. The molecule has 2 amide bonds. The summed E-state index contributed by atoms with van der Waals surface area (Å²) in [5.41, 5.74) is 0.601. The molecule has 1 unspecified atom stereocenters. The Hall–Kier alpha value is -1.98. The van der Waals surface area contributed by atoms with Crippen molar-refractivity contribution in [2.45, 2.75) is 25.3 Å². The second-order valence-electron chi connectivity index (χ2n) is 5.94. The summed E-state index contributed by atoms with van der Waals surface area (Å²) >= 11 is 6.07. The van der Waals surface area contributed by atoms with Gasteiger partial charge in [-0.05, 0) is 50.2 Å². The van der Waals surface area contributed by atoms with E-state index in [2.05, 4.69) is 15.5 Å². The Morgan fingerprint density at radius 3 is 2.67 bits per heavy atom. The number of rotatable bonds is 5. The summed E-state index contributed by atoms with van der Waals surface area (Å²) in [7, 11) is 0. The number of benzene rings is 1. The average molecular weight is 348 g/mol. The molecule has 1 aromatic carbocycles. The summed E-state index contributed by atoms with van der Waals surface area (Å²) in [6.45, 7) is 2.54. The molecule has 128 valence electrons. The third-order valence-corrected chi connectivity index (χ3v) is 4.61. The zero-order valence-electron chi connectivity index (χ0n) is 13.5. The van der Waals surface area contributed by atoms with Gasteiger partial charge in [0.05, 0.1) is 23.0 Å². The zero-order chi connectivity index (χ0) is 16.8. The van der Waals surface area contributed by atoms with E-state index in [1.54, 1.807) is 18.4 Å². The number of halogens is 1. The first-order chi connectivity index (χ1) is 11.7. The van der Waals surface area contributed by atoms with E-state index in [1.807, 2.05) is 24.3 Å². The van der Waals surface area contributed by atoms with Crippen molar-refractivity contribution in [2.75, 3.05) is 25.0 Å². The average Bonchev–Trinajstić information content (AvgIpc) is 3.12. The summed E-state index contributed by atoms with van der Waals surface area (Å²) in [5.74, 6) is 0.884. The van der Waals surface area contributed by atoms with Gasteiger partial charge in [-0.15, -0.1) is 0 Å². The van der Waals surface area contributed by atoms with E-state index < -0.39 is 0 Å². The van der Waals surface area contributed by atoms with Gasteiger partial charge < -0.3 is 15.1 Å². The Bertz CT molecular complexity index is 654. The van der Waals surface area contributed by atoms with Crippen LogP contribution < -0.4 is 10.6 Å².